The molecule has 0 aliphatic carbocycles. The van der Waals surface area contributed by atoms with Gasteiger partial charge in [-0.1, -0.05) is 40.7 Å². The third-order valence-electron chi connectivity index (χ3n) is 5.76. The molecule has 0 heterocycles. The normalized spacial score (nSPS) is 13.6. The summed E-state index contributed by atoms with van der Waals surface area (Å²) >= 11 is 0. The number of carboxylic acid groups (broad SMARTS) is 1. The van der Waals surface area contributed by atoms with Crippen LogP contribution in [0.1, 0.15) is 87.1 Å². The minimum Gasteiger partial charge on any atom is -0.477 e. The Kier molecular flexibility index (Phi) is 14.6. The Morgan fingerprint density at radius 1 is 0.810 bits per heavy atom. The van der Waals surface area contributed by atoms with Crippen molar-refractivity contribution in [3.63, 3.8) is 0 Å². The molecule has 0 amide bonds. The molecule has 0 radical (unpaired) electrons. The number of rotatable bonds is 15. The van der Waals surface area contributed by atoms with Gasteiger partial charge >= 0.3 is 24.4 Å². The van der Waals surface area contributed by atoms with Gasteiger partial charge in [-0.2, -0.15) is 0 Å². The molecule has 0 fully saturated rings. The van der Waals surface area contributed by atoms with Crippen molar-refractivity contribution in [3.05, 3.63) is 23.8 Å². The number of hydrogen-bond donors (Lipinski definition) is 2. The Morgan fingerprint density at radius 2 is 1.33 bits per heavy atom. The lowest BCUT2D eigenvalue weighted by atomic mass is 10.00. The summed E-state index contributed by atoms with van der Waals surface area (Å²) in [5.41, 5.74) is -2.91. The smallest absolute Gasteiger partial charge is 0.477 e. The van der Waals surface area contributed by atoms with Crippen molar-refractivity contribution in [3.8, 4) is 11.5 Å². The standard InChI is InChI=1S/C30H47NO11/c1-10-21(6)31-30(25(32)33,42-28(36)41-29(7,8)9)18-22-11-12-23(39-26(34)37-15-13-19(2)3)24(17-22)40-27(35)38-16-14-20(4)5/h11-12,17,19-21,31H,10,13-16,18H2,1-9H3,(H,32,33)/t21?,30-/m0/s1. The van der Waals surface area contributed by atoms with E-state index in [1.807, 2.05) is 34.6 Å². The highest BCUT2D eigenvalue weighted by Gasteiger charge is 2.45. The van der Waals surface area contributed by atoms with Crippen LogP contribution in [-0.2, 0) is 30.2 Å². The third-order valence-corrected chi connectivity index (χ3v) is 5.76. The maximum atomic E-state index is 12.6. The highest BCUT2D eigenvalue weighted by atomic mass is 16.8. The van der Waals surface area contributed by atoms with Crippen molar-refractivity contribution >= 4 is 24.4 Å². The molecule has 1 aromatic rings. The van der Waals surface area contributed by atoms with Gasteiger partial charge in [-0.15, -0.1) is 0 Å². The van der Waals surface area contributed by atoms with Crippen LogP contribution in [0.2, 0.25) is 0 Å². The van der Waals surface area contributed by atoms with Crippen LogP contribution in [-0.4, -0.2) is 60.1 Å². The fourth-order valence-electron chi connectivity index (χ4n) is 3.32. The summed E-state index contributed by atoms with van der Waals surface area (Å²) in [6, 6.07) is 3.69. The molecule has 0 spiro atoms. The molecular formula is C30H47NO11. The van der Waals surface area contributed by atoms with E-state index in [-0.39, 0.29) is 42.2 Å². The van der Waals surface area contributed by atoms with Crippen molar-refractivity contribution in [1.29, 1.82) is 0 Å². The predicted molar refractivity (Wildman–Crippen MR) is 154 cm³/mol. The van der Waals surface area contributed by atoms with Crippen molar-refractivity contribution in [2.45, 2.75) is 105 Å². The van der Waals surface area contributed by atoms with E-state index in [0.29, 0.717) is 25.2 Å². The van der Waals surface area contributed by atoms with E-state index in [4.69, 9.17) is 28.4 Å². The van der Waals surface area contributed by atoms with Gasteiger partial charge in [0, 0.05) is 12.5 Å². The monoisotopic (exact) mass is 597 g/mol. The van der Waals surface area contributed by atoms with Gasteiger partial charge < -0.3 is 33.5 Å². The molecule has 2 atom stereocenters. The summed E-state index contributed by atoms with van der Waals surface area (Å²) in [6.07, 6.45) is -1.89. The van der Waals surface area contributed by atoms with Gasteiger partial charge in [-0.3, -0.25) is 5.32 Å². The summed E-state index contributed by atoms with van der Waals surface area (Å²) in [7, 11) is 0. The van der Waals surface area contributed by atoms with Gasteiger partial charge in [0.1, 0.15) is 5.60 Å². The number of carbonyl (C=O) groups excluding carboxylic acids is 3. The quantitative estimate of drug-likeness (QED) is 0.0984. The molecule has 0 aromatic heterocycles. The van der Waals surface area contributed by atoms with Gasteiger partial charge in [-0.05, 0) is 76.5 Å². The number of aliphatic carboxylic acids is 1. The van der Waals surface area contributed by atoms with Gasteiger partial charge in [0.15, 0.2) is 11.5 Å². The predicted octanol–water partition coefficient (Wildman–Crippen LogP) is 6.47. The number of benzene rings is 1. The molecule has 1 aromatic carbocycles. The summed E-state index contributed by atoms with van der Waals surface area (Å²) in [4.78, 5) is 49.9. The Bertz CT molecular complexity index is 1050. The summed E-state index contributed by atoms with van der Waals surface area (Å²) in [5.74, 6) is -1.26. The van der Waals surface area contributed by atoms with Crippen molar-refractivity contribution in [1.82, 2.24) is 5.32 Å². The van der Waals surface area contributed by atoms with Crippen LogP contribution in [0.15, 0.2) is 18.2 Å². The minimum atomic E-state index is -2.25. The topological polar surface area (TPSA) is 156 Å². The molecule has 0 saturated carbocycles. The number of nitrogens with one attached hydrogen (secondary N) is 1. The maximum absolute atomic E-state index is 12.6. The van der Waals surface area contributed by atoms with Gasteiger partial charge in [0.05, 0.1) is 13.2 Å². The lowest BCUT2D eigenvalue weighted by Gasteiger charge is -2.33. The van der Waals surface area contributed by atoms with E-state index in [1.165, 1.54) is 18.2 Å². The molecule has 238 valence electrons. The first-order valence-electron chi connectivity index (χ1n) is 14.2. The van der Waals surface area contributed by atoms with Crippen molar-refractivity contribution in [2.24, 2.45) is 11.8 Å². The Morgan fingerprint density at radius 3 is 1.79 bits per heavy atom. The zero-order chi connectivity index (χ0) is 32.1. The van der Waals surface area contributed by atoms with E-state index >= 15 is 0 Å². The third kappa shape index (κ3) is 13.9. The van der Waals surface area contributed by atoms with Crippen LogP contribution in [0.25, 0.3) is 0 Å². The Hall–Kier alpha value is -3.54. The van der Waals surface area contributed by atoms with Gasteiger partial charge in [0.25, 0.3) is 5.72 Å². The number of carbonyl (C=O) groups is 4. The second kappa shape index (κ2) is 16.8. The molecule has 0 bridgehead atoms. The van der Waals surface area contributed by atoms with E-state index in [9.17, 15) is 24.3 Å². The summed E-state index contributed by atoms with van der Waals surface area (Å²) in [5, 5.41) is 13.1. The average Bonchev–Trinajstić information content (AvgIpc) is 2.83. The molecule has 0 aliphatic rings. The number of carboxylic acids is 1. The molecule has 2 N–H and O–H groups in total. The summed E-state index contributed by atoms with van der Waals surface area (Å²) < 4.78 is 31.5. The molecule has 1 rings (SSSR count). The molecule has 1 unspecified atom stereocenters. The van der Waals surface area contributed by atoms with Crippen LogP contribution in [0.3, 0.4) is 0 Å². The number of hydrogen-bond acceptors (Lipinski definition) is 11. The first-order valence-corrected chi connectivity index (χ1v) is 14.2. The molecule has 0 aliphatic heterocycles. The van der Waals surface area contributed by atoms with Gasteiger partial charge in [0.2, 0.25) is 0 Å². The first kappa shape index (κ1) is 36.5. The van der Waals surface area contributed by atoms with Crippen LogP contribution in [0, 0.1) is 11.8 Å². The fraction of sp³-hybridized carbons (Fsp3) is 0.667. The Labute approximate surface area is 248 Å². The van der Waals surface area contributed by atoms with Gasteiger partial charge in [-0.25, -0.2) is 19.2 Å². The molecule has 0 saturated heterocycles. The van der Waals surface area contributed by atoms with E-state index < -0.39 is 42.2 Å². The largest absolute Gasteiger partial charge is 0.513 e. The number of ether oxygens (including phenoxy) is 6. The zero-order valence-corrected chi connectivity index (χ0v) is 26.2. The SMILES string of the molecule is CCC(C)N[C@@](Cc1ccc(OC(=O)OCCC(C)C)c(OC(=O)OCCC(C)C)c1)(OC(=O)OC(C)(C)C)C(=O)O. The highest BCUT2D eigenvalue weighted by Crippen LogP contribution is 2.32. The van der Waals surface area contributed by atoms with Crippen LogP contribution in [0.4, 0.5) is 14.4 Å². The molecule has 12 heteroatoms. The average molecular weight is 598 g/mol. The lowest BCUT2D eigenvalue weighted by molar-refractivity contribution is -0.169. The second-order valence-corrected chi connectivity index (χ2v) is 11.9. The second-order valence-electron chi connectivity index (χ2n) is 11.9. The lowest BCUT2D eigenvalue weighted by Crippen LogP contribution is -2.60. The minimum absolute atomic E-state index is 0.105. The first-order chi connectivity index (χ1) is 19.5. The van der Waals surface area contributed by atoms with Crippen LogP contribution >= 0.6 is 0 Å². The van der Waals surface area contributed by atoms with E-state index in [0.717, 1.165) is 0 Å². The van der Waals surface area contributed by atoms with Crippen LogP contribution in [0.5, 0.6) is 11.5 Å². The zero-order valence-electron chi connectivity index (χ0n) is 26.2. The van der Waals surface area contributed by atoms with Crippen molar-refractivity contribution < 1.29 is 52.7 Å². The van der Waals surface area contributed by atoms with Crippen LogP contribution < -0.4 is 14.8 Å². The molecular weight excluding hydrogens is 550 g/mol. The van der Waals surface area contributed by atoms with Crippen molar-refractivity contribution in [2.75, 3.05) is 13.2 Å². The van der Waals surface area contributed by atoms with E-state index in [1.54, 1.807) is 27.7 Å². The molecule has 42 heavy (non-hydrogen) atoms. The molecule has 12 nitrogen and oxygen atoms in total. The maximum Gasteiger partial charge on any atom is 0.513 e. The fourth-order valence-corrected chi connectivity index (χ4v) is 3.32. The highest BCUT2D eigenvalue weighted by molar-refractivity contribution is 5.80. The summed E-state index contributed by atoms with van der Waals surface area (Å²) in [6.45, 7) is 16.6. The van der Waals surface area contributed by atoms with E-state index in [2.05, 4.69) is 5.32 Å². The Balaban J connectivity index is 3.39.